The van der Waals surface area contributed by atoms with E-state index in [-0.39, 0.29) is 24.6 Å². The fourth-order valence-electron chi connectivity index (χ4n) is 2.07. The molecule has 1 amide bonds. The van der Waals surface area contributed by atoms with Crippen LogP contribution in [-0.4, -0.2) is 17.4 Å². The first-order valence-corrected chi connectivity index (χ1v) is 7.06. The van der Waals surface area contributed by atoms with Gasteiger partial charge in [0.2, 0.25) is 5.91 Å². The van der Waals surface area contributed by atoms with E-state index in [4.69, 9.17) is 5.73 Å². The van der Waals surface area contributed by atoms with Gasteiger partial charge in [0.15, 0.2) is 0 Å². The Bertz CT molecular complexity index is 684. The summed E-state index contributed by atoms with van der Waals surface area (Å²) in [4.78, 5) is 15.2. The Morgan fingerprint density at radius 1 is 1.17 bits per heavy atom. The van der Waals surface area contributed by atoms with Crippen LogP contribution in [0.3, 0.4) is 0 Å². The number of alkyl halides is 3. The SMILES string of the molecule is NC(=O)C(CNc1ccc(C(F)(F)F)cn1)Cc1ccc(F)cc1. The third-order valence-electron chi connectivity index (χ3n) is 3.42. The average Bonchev–Trinajstić information content (AvgIpc) is 2.52. The summed E-state index contributed by atoms with van der Waals surface area (Å²) in [6.07, 6.45) is -3.46. The van der Waals surface area contributed by atoms with Gasteiger partial charge in [0.05, 0.1) is 11.5 Å². The van der Waals surface area contributed by atoms with Crippen LogP contribution < -0.4 is 11.1 Å². The first-order valence-electron chi connectivity index (χ1n) is 7.06. The highest BCUT2D eigenvalue weighted by molar-refractivity contribution is 5.77. The standard InChI is InChI=1S/C16H15F4N3O/c17-13-4-1-10(2-5-13)7-11(15(21)24)8-22-14-6-3-12(9-23-14)16(18,19)20/h1-6,9,11H,7-8H2,(H2,21,24)(H,22,23). The largest absolute Gasteiger partial charge is 0.417 e. The molecule has 0 spiro atoms. The maximum absolute atomic E-state index is 12.9. The Morgan fingerprint density at radius 3 is 2.33 bits per heavy atom. The topological polar surface area (TPSA) is 68.0 Å². The second-order valence-electron chi connectivity index (χ2n) is 5.24. The van der Waals surface area contributed by atoms with Crippen LogP contribution in [0.25, 0.3) is 0 Å². The monoisotopic (exact) mass is 341 g/mol. The zero-order valence-electron chi connectivity index (χ0n) is 12.5. The molecule has 1 atom stereocenters. The lowest BCUT2D eigenvalue weighted by Gasteiger charge is -2.15. The van der Waals surface area contributed by atoms with Gasteiger partial charge in [-0.25, -0.2) is 9.37 Å². The van der Waals surface area contributed by atoms with Crippen LogP contribution in [0.1, 0.15) is 11.1 Å². The van der Waals surface area contributed by atoms with Gasteiger partial charge in [0, 0.05) is 12.7 Å². The molecule has 0 fully saturated rings. The van der Waals surface area contributed by atoms with Crippen molar-refractivity contribution in [2.24, 2.45) is 11.7 Å². The number of amides is 1. The number of carbonyl (C=O) groups excluding carboxylic acids is 1. The van der Waals surface area contributed by atoms with Gasteiger partial charge in [-0.2, -0.15) is 13.2 Å². The van der Waals surface area contributed by atoms with Crippen LogP contribution >= 0.6 is 0 Å². The Hall–Kier alpha value is -2.64. The predicted octanol–water partition coefficient (Wildman–Crippen LogP) is 3.00. The molecule has 0 bridgehead atoms. The van der Waals surface area contributed by atoms with Crippen molar-refractivity contribution in [1.82, 2.24) is 4.98 Å². The number of nitrogens with two attached hydrogens (primary N) is 1. The van der Waals surface area contributed by atoms with E-state index < -0.39 is 23.6 Å². The van der Waals surface area contributed by atoms with E-state index >= 15 is 0 Å². The summed E-state index contributed by atoms with van der Waals surface area (Å²) in [6, 6.07) is 7.72. The molecule has 0 radical (unpaired) electrons. The highest BCUT2D eigenvalue weighted by atomic mass is 19.4. The predicted molar refractivity (Wildman–Crippen MR) is 80.5 cm³/mol. The molecular weight excluding hydrogens is 326 g/mol. The highest BCUT2D eigenvalue weighted by Gasteiger charge is 2.30. The summed E-state index contributed by atoms with van der Waals surface area (Å²) < 4.78 is 50.3. The zero-order valence-corrected chi connectivity index (χ0v) is 12.5. The highest BCUT2D eigenvalue weighted by Crippen LogP contribution is 2.28. The molecule has 8 heteroatoms. The number of anilines is 1. The normalized spacial score (nSPS) is 12.7. The van der Waals surface area contributed by atoms with E-state index in [0.717, 1.165) is 11.6 Å². The number of nitrogens with zero attached hydrogens (tertiary/aromatic N) is 1. The molecule has 24 heavy (non-hydrogen) atoms. The van der Waals surface area contributed by atoms with Crippen molar-refractivity contribution in [3.05, 3.63) is 59.5 Å². The molecule has 2 rings (SSSR count). The minimum absolute atomic E-state index is 0.102. The second kappa shape index (κ2) is 7.29. The van der Waals surface area contributed by atoms with Gasteiger partial charge in [-0.15, -0.1) is 0 Å². The van der Waals surface area contributed by atoms with E-state index in [0.29, 0.717) is 6.20 Å². The fourth-order valence-corrected chi connectivity index (χ4v) is 2.07. The lowest BCUT2D eigenvalue weighted by Crippen LogP contribution is -2.31. The lowest BCUT2D eigenvalue weighted by atomic mass is 9.98. The molecule has 2 aromatic rings. The van der Waals surface area contributed by atoms with Crippen molar-refractivity contribution in [3.8, 4) is 0 Å². The number of hydrogen-bond acceptors (Lipinski definition) is 3. The minimum atomic E-state index is -4.45. The smallest absolute Gasteiger partial charge is 0.369 e. The van der Waals surface area contributed by atoms with Crippen LogP contribution in [0.5, 0.6) is 0 Å². The maximum Gasteiger partial charge on any atom is 0.417 e. The van der Waals surface area contributed by atoms with Crippen molar-refractivity contribution in [3.63, 3.8) is 0 Å². The number of halogens is 4. The summed E-state index contributed by atoms with van der Waals surface area (Å²) in [7, 11) is 0. The number of aromatic nitrogens is 1. The van der Waals surface area contributed by atoms with Gasteiger partial charge in [0.25, 0.3) is 0 Å². The van der Waals surface area contributed by atoms with Crippen LogP contribution in [0.2, 0.25) is 0 Å². The van der Waals surface area contributed by atoms with E-state index in [1.54, 1.807) is 12.1 Å². The molecule has 0 aliphatic rings. The summed E-state index contributed by atoms with van der Waals surface area (Å²) in [5, 5.41) is 2.78. The quantitative estimate of drug-likeness (QED) is 0.794. The van der Waals surface area contributed by atoms with Gasteiger partial charge in [-0.05, 0) is 36.2 Å². The van der Waals surface area contributed by atoms with Gasteiger partial charge in [0.1, 0.15) is 11.6 Å². The summed E-state index contributed by atoms with van der Waals surface area (Å²) in [5.74, 6) is -1.37. The fraction of sp³-hybridized carbons (Fsp3) is 0.250. The number of nitrogens with one attached hydrogen (secondary N) is 1. The number of benzene rings is 1. The van der Waals surface area contributed by atoms with E-state index in [9.17, 15) is 22.4 Å². The van der Waals surface area contributed by atoms with Crippen LogP contribution in [-0.2, 0) is 17.4 Å². The number of carbonyl (C=O) groups is 1. The van der Waals surface area contributed by atoms with Crippen molar-refractivity contribution in [2.45, 2.75) is 12.6 Å². The molecule has 128 valence electrons. The second-order valence-corrected chi connectivity index (χ2v) is 5.24. The molecule has 1 aromatic heterocycles. The van der Waals surface area contributed by atoms with Crippen LogP contribution in [0.4, 0.5) is 23.4 Å². The van der Waals surface area contributed by atoms with Gasteiger partial charge in [-0.1, -0.05) is 12.1 Å². The zero-order chi connectivity index (χ0) is 17.7. The molecule has 0 saturated carbocycles. The number of rotatable bonds is 6. The third kappa shape index (κ3) is 4.94. The summed E-state index contributed by atoms with van der Waals surface area (Å²) in [5.41, 5.74) is 5.21. The summed E-state index contributed by atoms with van der Waals surface area (Å²) >= 11 is 0. The van der Waals surface area contributed by atoms with E-state index in [1.807, 2.05) is 0 Å². The van der Waals surface area contributed by atoms with Crippen LogP contribution in [0.15, 0.2) is 42.6 Å². The number of hydrogen-bond donors (Lipinski definition) is 2. The molecule has 1 heterocycles. The molecule has 0 aliphatic carbocycles. The first kappa shape index (κ1) is 17.7. The first-order chi connectivity index (χ1) is 11.3. The molecule has 3 N–H and O–H groups in total. The number of pyridine rings is 1. The molecule has 4 nitrogen and oxygen atoms in total. The van der Waals surface area contributed by atoms with Gasteiger partial charge in [-0.3, -0.25) is 4.79 Å². The van der Waals surface area contributed by atoms with Crippen molar-refractivity contribution in [1.29, 1.82) is 0 Å². The Balaban J connectivity index is 1.98. The molecular formula is C16H15F4N3O. The van der Waals surface area contributed by atoms with Gasteiger partial charge >= 0.3 is 6.18 Å². The van der Waals surface area contributed by atoms with E-state index in [2.05, 4.69) is 10.3 Å². The summed E-state index contributed by atoms with van der Waals surface area (Å²) in [6.45, 7) is 0.102. The van der Waals surface area contributed by atoms with E-state index in [1.165, 1.54) is 18.2 Å². The lowest BCUT2D eigenvalue weighted by molar-refractivity contribution is -0.137. The Morgan fingerprint density at radius 2 is 1.83 bits per heavy atom. The van der Waals surface area contributed by atoms with Crippen molar-refractivity contribution >= 4 is 11.7 Å². The van der Waals surface area contributed by atoms with Crippen LogP contribution in [0, 0.1) is 11.7 Å². The average molecular weight is 341 g/mol. The van der Waals surface area contributed by atoms with Crippen molar-refractivity contribution in [2.75, 3.05) is 11.9 Å². The Labute approximate surface area is 135 Å². The molecule has 0 saturated heterocycles. The molecule has 1 aromatic carbocycles. The molecule has 0 aliphatic heterocycles. The Kier molecular flexibility index (Phi) is 5.38. The number of primary amides is 1. The van der Waals surface area contributed by atoms with Gasteiger partial charge < -0.3 is 11.1 Å². The minimum Gasteiger partial charge on any atom is -0.369 e. The maximum atomic E-state index is 12.9. The van der Waals surface area contributed by atoms with Crippen molar-refractivity contribution < 1.29 is 22.4 Å². The molecule has 1 unspecified atom stereocenters. The third-order valence-corrected chi connectivity index (χ3v) is 3.42.